The van der Waals surface area contributed by atoms with E-state index in [1.54, 1.807) is 12.3 Å². The van der Waals surface area contributed by atoms with E-state index in [0.717, 1.165) is 42.0 Å². The maximum Gasteiger partial charge on any atom is 0.235 e. The second-order valence-electron chi connectivity index (χ2n) is 4.84. The van der Waals surface area contributed by atoms with Crippen LogP contribution >= 0.6 is 0 Å². The number of fused-ring (bicyclic) bond motifs is 1. The number of aliphatic imine (C=N–C) groups is 1. The van der Waals surface area contributed by atoms with E-state index >= 15 is 0 Å². The Morgan fingerprint density at radius 3 is 2.83 bits per heavy atom. The summed E-state index contributed by atoms with van der Waals surface area (Å²) in [7, 11) is 0. The molecule has 0 N–H and O–H groups in total. The summed E-state index contributed by atoms with van der Waals surface area (Å²) < 4.78 is 0. The van der Waals surface area contributed by atoms with Crippen molar-refractivity contribution in [1.29, 1.82) is 0 Å². The fourth-order valence-electron chi connectivity index (χ4n) is 3.01. The van der Waals surface area contributed by atoms with Crippen LogP contribution in [0.1, 0.15) is 31.2 Å². The van der Waals surface area contributed by atoms with Gasteiger partial charge < -0.3 is 0 Å². The summed E-state index contributed by atoms with van der Waals surface area (Å²) in [6.45, 7) is 0. The van der Waals surface area contributed by atoms with Crippen LogP contribution in [0.5, 0.6) is 0 Å². The van der Waals surface area contributed by atoms with Gasteiger partial charge in [-0.25, -0.2) is 4.79 Å². The smallest absolute Gasteiger partial charge is 0.235 e. The summed E-state index contributed by atoms with van der Waals surface area (Å²) in [5.41, 5.74) is 0.749. The van der Waals surface area contributed by atoms with Crippen LogP contribution in [0.4, 0.5) is 0 Å². The van der Waals surface area contributed by atoms with Gasteiger partial charge in [0.25, 0.3) is 0 Å². The second kappa shape index (κ2) is 4.35. The first-order valence-corrected chi connectivity index (χ1v) is 6.28. The molecule has 3 rings (SSSR count). The van der Waals surface area contributed by atoms with Crippen molar-refractivity contribution in [1.82, 2.24) is 4.98 Å². The average molecular weight is 238 g/mol. The van der Waals surface area contributed by atoms with E-state index in [1.807, 2.05) is 18.3 Å². The second-order valence-corrected chi connectivity index (χ2v) is 4.84. The molecule has 90 valence electrons. The van der Waals surface area contributed by atoms with E-state index in [1.165, 1.54) is 0 Å². The summed E-state index contributed by atoms with van der Waals surface area (Å²) in [4.78, 5) is 19.1. The molecule has 0 amide bonds. The van der Waals surface area contributed by atoms with Gasteiger partial charge in [0.2, 0.25) is 6.08 Å². The molecule has 1 saturated carbocycles. The molecule has 3 heteroatoms. The predicted molar refractivity (Wildman–Crippen MR) is 70.0 cm³/mol. The van der Waals surface area contributed by atoms with Gasteiger partial charge in [0.05, 0.1) is 5.54 Å². The Morgan fingerprint density at radius 2 is 2.06 bits per heavy atom. The third-order valence-corrected chi connectivity index (χ3v) is 3.88. The van der Waals surface area contributed by atoms with Gasteiger partial charge in [-0.2, -0.15) is 4.99 Å². The molecule has 1 heterocycles. The number of hydrogen-bond acceptors (Lipinski definition) is 3. The topological polar surface area (TPSA) is 42.3 Å². The van der Waals surface area contributed by atoms with E-state index in [9.17, 15) is 4.79 Å². The molecule has 0 spiro atoms. The minimum absolute atomic E-state index is 0.371. The summed E-state index contributed by atoms with van der Waals surface area (Å²) in [5.74, 6) is 0. The Labute approximate surface area is 106 Å². The fourth-order valence-corrected chi connectivity index (χ4v) is 3.01. The summed E-state index contributed by atoms with van der Waals surface area (Å²) >= 11 is 0. The van der Waals surface area contributed by atoms with Crippen LogP contribution < -0.4 is 0 Å². The molecule has 0 bridgehead atoms. The Balaban J connectivity index is 2.27. The third-order valence-electron chi connectivity index (χ3n) is 3.88. The maximum atomic E-state index is 10.8. The molecule has 1 aliphatic carbocycles. The number of rotatable bonds is 2. The van der Waals surface area contributed by atoms with Gasteiger partial charge in [0.15, 0.2) is 0 Å². The van der Waals surface area contributed by atoms with E-state index in [-0.39, 0.29) is 5.54 Å². The molecule has 1 fully saturated rings. The van der Waals surface area contributed by atoms with Crippen molar-refractivity contribution in [3.8, 4) is 0 Å². The van der Waals surface area contributed by atoms with E-state index in [4.69, 9.17) is 0 Å². The Kier molecular flexibility index (Phi) is 2.69. The van der Waals surface area contributed by atoms with Gasteiger partial charge in [-0.1, -0.05) is 31.0 Å². The van der Waals surface area contributed by atoms with Crippen molar-refractivity contribution in [3.05, 3.63) is 42.2 Å². The summed E-state index contributed by atoms with van der Waals surface area (Å²) in [6.07, 6.45) is 9.50. The maximum absolute atomic E-state index is 10.8. The first kappa shape index (κ1) is 11.1. The van der Waals surface area contributed by atoms with E-state index in [2.05, 4.69) is 22.1 Å². The van der Waals surface area contributed by atoms with Crippen molar-refractivity contribution in [2.45, 2.75) is 31.2 Å². The molecule has 1 aromatic carbocycles. The molecule has 0 saturated heterocycles. The lowest BCUT2D eigenvalue weighted by atomic mass is 9.86. The SMILES string of the molecule is O=C=NC1(c2cccc3ccncc23)CCCC1. The van der Waals surface area contributed by atoms with Gasteiger partial charge in [-0.3, -0.25) is 4.98 Å². The van der Waals surface area contributed by atoms with E-state index in [0.29, 0.717) is 0 Å². The van der Waals surface area contributed by atoms with Gasteiger partial charge >= 0.3 is 0 Å². The highest BCUT2D eigenvalue weighted by molar-refractivity contribution is 5.85. The third kappa shape index (κ3) is 1.64. The molecule has 18 heavy (non-hydrogen) atoms. The van der Waals surface area contributed by atoms with Gasteiger partial charge in [0, 0.05) is 17.8 Å². The van der Waals surface area contributed by atoms with Gasteiger partial charge in [-0.05, 0) is 29.9 Å². The molecule has 0 unspecified atom stereocenters. The van der Waals surface area contributed by atoms with Crippen molar-refractivity contribution in [2.75, 3.05) is 0 Å². The molecule has 1 aromatic heterocycles. The van der Waals surface area contributed by atoms with Crippen LogP contribution in [0.15, 0.2) is 41.7 Å². The lowest BCUT2D eigenvalue weighted by Gasteiger charge is -2.24. The zero-order valence-electron chi connectivity index (χ0n) is 10.1. The van der Waals surface area contributed by atoms with Crippen LogP contribution in [-0.2, 0) is 10.3 Å². The highest BCUT2D eigenvalue weighted by atomic mass is 16.1. The molecular weight excluding hydrogens is 224 g/mol. The molecule has 2 aromatic rings. The zero-order valence-corrected chi connectivity index (χ0v) is 10.1. The highest BCUT2D eigenvalue weighted by Gasteiger charge is 2.36. The zero-order chi connectivity index (χ0) is 12.4. The van der Waals surface area contributed by atoms with Crippen LogP contribution in [0, 0.1) is 0 Å². The molecule has 1 aliphatic rings. The lowest BCUT2D eigenvalue weighted by Crippen LogP contribution is -2.19. The largest absolute Gasteiger partial charge is 0.264 e. The summed E-state index contributed by atoms with van der Waals surface area (Å²) in [5, 5.41) is 2.25. The van der Waals surface area contributed by atoms with Crippen molar-refractivity contribution in [2.24, 2.45) is 4.99 Å². The number of aromatic nitrogens is 1. The number of nitrogens with zero attached hydrogens (tertiary/aromatic N) is 2. The Morgan fingerprint density at radius 1 is 1.22 bits per heavy atom. The van der Waals surface area contributed by atoms with Crippen molar-refractivity contribution in [3.63, 3.8) is 0 Å². The van der Waals surface area contributed by atoms with E-state index < -0.39 is 0 Å². The normalized spacial score (nSPS) is 17.6. The van der Waals surface area contributed by atoms with Gasteiger partial charge in [-0.15, -0.1) is 0 Å². The van der Waals surface area contributed by atoms with Crippen LogP contribution in [0.2, 0.25) is 0 Å². The number of hydrogen-bond donors (Lipinski definition) is 0. The molecule has 0 radical (unpaired) electrons. The standard InChI is InChI=1S/C15H14N2O/c18-11-17-15(7-1-2-8-15)14-5-3-4-12-6-9-16-10-13(12)14/h3-6,9-10H,1-2,7-8H2. The van der Waals surface area contributed by atoms with Crippen LogP contribution in [0.25, 0.3) is 10.8 Å². The Bertz CT molecular complexity index is 618. The van der Waals surface area contributed by atoms with Crippen LogP contribution in [-0.4, -0.2) is 11.1 Å². The van der Waals surface area contributed by atoms with Gasteiger partial charge in [0.1, 0.15) is 0 Å². The van der Waals surface area contributed by atoms with Crippen molar-refractivity contribution < 1.29 is 4.79 Å². The first-order chi connectivity index (χ1) is 8.86. The average Bonchev–Trinajstić information content (AvgIpc) is 2.88. The quantitative estimate of drug-likeness (QED) is 0.594. The number of isocyanates is 1. The predicted octanol–water partition coefficient (Wildman–Crippen LogP) is 3.34. The minimum Gasteiger partial charge on any atom is -0.264 e. The van der Waals surface area contributed by atoms with Crippen LogP contribution in [0.3, 0.4) is 0 Å². The lowest BCUT2D eigenvalue weighted by molar-refractivity contribution is 0.459. The molecule has 0 atom stereocenters. The number of benzene rings is 1. The first-order valence-electron chi connectivity index (χ1n) is 6.28. The summed E-state index contributed by atoms with van der Waals surface area (Å²) in [6, 6.07) is 8.15. The molecule has 0 aliphatic heterocycles. The number of carbonyl (C=O) groups excluding carboxylic acids is 1. The Hall–Kier alpha value is -1.99. The monoisotopic (exact) mass is 238 g/mol. The van der Waals surface area contributed by atoms with Crippen molar-refractivity contribution >= 4 is 16.9 Å². The number of pyridine rings is 1. The fraction of sp³-hybridized carbons (Fsp3) is 0.333. The minimum atomic E-state index is -0.371. The molecule has 3 nitrogen and oxygen atoms in total. The molecular formula is C15H14N2O. The highest BCUT2D eigenvalue weighted by Crippen LogP contribution is 2.44.